The van der Waals surface area contributed by atoms with Gasteiger partial charge < -0.3 is 5.32 Å². The normalized spacial score (nSPS) is 10.8. The lowest BCUT2D eigenvalue weighted by Crippen LogP contribution is -2.11. The summed E-state index contributed by atoms with van der Waals surface area (Å²) in [4.78, 5) is 1.25. The second-order valence-corrected chi connectivity index (χ2v) is 6.34. The standard InChI is InChI=1S/C16H17Cl2NS/c1-2-19-10-12-4-3-5-15(8-12)20-11-13-9-14(17)6-7-16(13)18/h3-9,19H,2,10-11H2,1H3. The molecule has 0 aromatic heterocycles. The molecule has 0 aliphatic heterocycles. The van der Waals surface area contributed by atoms with Crippen molar-refractivity contribution in [2.75, 3.05) is 6.54 Å². The minimum absolute atomic E-state index is 0.728. The molecule has 0 heterocycles. The summed E-state index contributed by atoms with van der Waals surface area (Å²) in [5.41, 5.74) is 2.37. The van der Waals surface area contributed by atoms with Crippen LogP contribution < -0.4 is 5.32 Å². The minimum atomic E-state index is 0.728. The SMILES string of the molecule is CCNCc1cccc(SCc2cc(Cl)ccc2Cl)c1. The van der Waals surface area contributed by atoms with Crippen molar-refractivity contribution < 1.29 is 0 Å². The van der Waals surface area contributed by atoms with Crippen LogP contribution in [0.2, 0.25) is 10.0 Å². The molecule has 1 nitrogen and oxygen atoms in total. The largest absolute Gasteiger partial charge is 0.313 e. The van der Waals surface area contributed by atoms with Gasteiger partial charge in [0.05, 0.1) is 0 Å². The average molecular weight is 326 g/mol. The molecule has 0 bridgehead atoms. The van der Waals surface area contributed by atoms with Gasteiger partial charge in [0.25, 0.3) is 0 Å². The van der Waals surface area contributed by atoms with E-state index in [0.717, 1.165) is 34.5 Å². The Morgan fingerprint density at radius 3 is 2.75 bits per heavy atom. The van der Waals surface area contributed by atoms with E-state index in [9.17, 15) is 0 Å². The maximum Gasteiger partial charge on any atom is 0.0447 e. The minimum Gasteiger partial charge on any atom is -0.313 e. The molecule has 0 aliphatic rings. The van der Waals surface area contributed by atoms with Crippen molar-refractivity contribution >= 4 is 35.0 Å². The van der Waals surface area contributed by atoms with E-state index in [0.29, 0.717) is 0 Å². The van der Waals surface area contributed by atoms with Crippen LogP contribution >= 0.6 is 35.0 Å². The van der Waals surface area contributed by atoms with Crippen LogP contribution in [0.15, 0.2) is 47.4 Å². The second-order valence-electron chi connectivity index (χ2n) is 4.45. The number of nitrogens with one attached hydrogen (secondary N) is 1. The van der Waals surface area contributed by atoms with E-state index in [1.54, 1.807) is 11.8 Å². The van der Waals surface area contributed by atoms with Crippen LogP contribution in [0.1, 0.15) is 18.1 Å². The molecule has 20 heavy (non-hydrogen) atoms. The quantitative estimate of drug-likeness (QED) is 0.714. The highest BCUT2D eigenvalue weighted by molar-refractivity contribution is 7.98. The Bertz CT molecular complexity index is 572. The van der Waals surface area contributed by atoms with E-state index in [4.69, 9.17) is 23.2 Å². The summed E-state index contributed by atoms with van der Waals surface area (Å²) < 4.78 is 0. The van der Waals surface area contributed by atoms with Crippen LogP contribution in [-0.4, -0.2) is 6.54 Å². The summed E-state index contributed by atoms with van der Waals surface area (Å²) in [6.07, 6.45) is 0. The van der Waals surface area contributed by atoms with Gasteiger partial charge in [-0.15, -0.1) is 11.8 Å². The van der Waals surface area contributed by atoms with Gasteiger partial charge in [0.2, 0.25) is 0 Å². The van der Waals surface area contributed by atoms with Gasteiger partial charge in [-0.05, 0) is 48.0 Å². The molecule has 0 atom stereocenters. The van der Waals surface area contributed by atoms with E-state index < -0.39 is 0 Å². The lowest BCUT2D eigenvalue weighted by Gasteiger charge is -2.07. The molecule has 0 fully saturated rings. The van der Waals surface area contributed by atoms with Crippen molar-refractivity contribution in [3.8, 4) is 0 Å². The molecular weight excluding hydrogens is 309 g/mol. The van der Waals surface area contributed by atoms with E-state index in [-0.39, 0.29) is 0 Å². The first-order valence-corrected chi connectivity index (χ1v) is 8.29. The summed E-state index contributed by atoms with van der Waals surface area (Å²) in [5.74, 6) is 0.823. The van der Waals surface area contributed by atoms with Gasteiger partial charge in [-0.3, -0.25) is 0 Å². The summed E-state index contributed by atoms with van der Waals surface area (Å²) in [7, 11) is 0. The first kappa shape index (κ1) is 15.7. The predicted molar refractivity (Wildman–Crippen MR) is 89.8 cm³/mol. The first-order chi connectivity index (χ1) is 9.69. The van der Waals surface area contributed by atoms with Gasteiger partial charge in [-0.2, -0.15) is 0 Å². The smallest absolute Gasteiger partial charge is 0.0447 e. The van der Waals surface area contributed by atoms with Gasteiger partial charge in [0, 0.05) is 27.2 Å². The van der Waals surface area contributed by atoms with Crippen LogP contribution in [0.25, 0.3) is 0 Å². The average Bonchev–Trinajstić information content (AvgIpc) is 2.46. The molecular formula is C16H17Cl2NS. The Morgan fingerprint density at radius 1 is 1.10 bits per heavy atom. The highest BCUT2D eigenvalue weighted by Crippen LogP contribution is 2.29. The molecule has 0 radical (unpaired) electrons. The zero-order valence-corrected chi connectivity index (χ0v) is 13.7. The van der Waals surface area contributed by atoms with Gasteiger partial charge >= 0.3 is 0 Å². The Balaban J connectivity index is 2.01. The van der Waals surface area contributed by atoms with Crippen LogP contribution in [0, 0.1) is 0 Å². The Morgan fingerprint density at radius 2 is 1.95 bits per heavy atom. The third-order valence-electron chi connectivity index (χ3n) is 2.88. The van der Waals surface area contributed by atoms with Crippen LogP contribution in [0.4, 0.5) is 0 Å². The summed E-state index contributed by atoms with van der Waals surface area (Å²) in [5, 5.41) is 4.83. The Kier molecular flexibility index (Phi) is 6.24. The first-order valence-electron chi connectivity index (χ1n) is 6.55. The summed E-state index contributed by atoms with van der Waals surface area (Å²) in [6.45, 7) is 4.00. The second kappa shape index (κ2) is 7.94. The van der Waals surface area contributed by atoms with E-state index in [1.807, 2.05) is 18.2 Å². The third kappa shape index (κ3) is 4.71. The van der Waals surface area contributed by atoms with Gasteiger partial charge in [-0.25, -0.2) is 0 Å². The van der Waals surface area contributed by atoms with E-state index in [1.165, 1.54) is 10.5 Å². The van der Waals surface area contributed by atoms with Crippen LogP contribution in [0.3, 0.4) is 0 Å². The monoisotopic (exact) mass is 325 g/mol. The lowest BCUT2D eigenvalue weighted by molar-refractivity contribution is 0.725. The molecule has 2 rings (SSSR count). The lowest BCUT2D eigenvalue weighted by atomic mass is 10.2. The fourth-order valence-corrected chi connectivity index (χ4v) is 3.26. The summed E-state index contributed by atoms with van der Waals surface area (Å²) in [6, 6.07) is 14.2. The maximum atomic E-state index is 6.18. The molecule has 0 spiro atoms. The topological polar surface area (TPSA) is 12.0 Å². The van der Waals surface area contributed by atoms with Gasteiger partial charge in [-0.1, -0.05) is 42.3 Å². The predicted octanol–water partition coefficient (Wildman–Crippen LogP) is 5.40. The van der Waals surface area contributed by atoms with E-state index >= 15 is 0 Å². The van der Waals surface area contributed by atoms with Gasteiger partial charge in [0.1, 0.15) is 0 Å². The number of rotatable bonds is 6. The number of benzene rings is 2. The fourth-order valence-electron chi connectivity index (χ4n) is 1.83. The van der Waals surface area contributed by atoms with Crippen molar-refractivity contribution in [1.82, 2.24) is 5.32 Å². The molecule has 4 heteroatoms. The highest BCUT2D eigenvalue weighted by Gasteiger charge is 2.03. The number of hydrogen-bond acceptors (Lipinski definition) is 2. The zero-order chi connectivity index (χ0) is 14.4. The van der Waals surface area contributed by atoms with Crippen molar-refractivity contribution in [1.29, 1.82) is 0 Å². The van der Waals surface area contributed by atoms with Crippen LogP contribution in [0.5, 0.6) is 0 Å². The number of thioether (sulfide) groups is 1. The number of hydrogen-bond donors (Lipinski definition) is 1. The van der Waals surface area contributed by atoms with Crippen molar-refractivity contribution in [2.45, 2.75) is 24.1 Å². The van der Waals surface area contributed by atoms with E-state index in [2.05, 4.69) is 36.5 Å². The fraction of sp³-hybridized carbons (Fsp3) is 0.250. The molecule has 2 aromatic rings. The van der Waals surface area contributed by atoms with Crippen molar-refractivity contribution in [3.05, 3.63) is 63.6 Å². The number of halogens is 2. The molecule has 0 unspecified atom stereocenters. The Hall–Kier alpha value is -0.670. The third-order valence-corrected chi connectivity index (χ3v) is 4.53. The molecule has 0 amide bonds. The molecule has 0 saturated heterocycles. The molecule has 2 aromatic carbocycles. The summed E-state index contributed by atoms with van der Waals surface area (Å²) >= 11 is 14.0. The molecule has 0 aliphatic carbocycles. The molecule has 1 N–H and O–H groups in total. The molecule has 106 valence electrons. The van der Waals surface area contributed by atoms with Crippen LogP contribution in [-0.2, 0) is 12.3 Å². The van der Waals surface area contributed by atoms with Crippen molar-refractivity contribution in [3.63, 3.8) is 0 Å². The molecule has 0 saturated carbocycles. The highest BCUT2D eigenvalue weighted by atomic mass is 35.5. The van der Waals surface area contributed by atoms with Crippen molar-refractivity contribution in [2.24, 2.45) is 0 Å². The zero-order valence-electron chi connectivity index (χ0n) is 11.3. The maximum absolute atomic E-state index is 6.18. The Labute approximate surface area is 134 Å². The van der Waals surface area contributed by atoms with Gasteiger partial charge in [0.15, 0.2) is 0 Å².